The van der Waals surface area contributed by atoms with Crippen molar-refractivity contribution in [2.45, 2.75) is 45.6 Å². The van der Waals surface area contributed by atoms with Crippen LogP contribution in [0.15, 0.2) is 29.4 Å². The summed E-state index contributed by atoms with van der Waals surface area (Å²) in [5, 5.41) is 4.60. The van der Waals surface area contributed by atoms with Gasteiger partial charge in [-0.1, -0.05) is 12.1 Å². The van der Waals surface area contributed by atoms with Crippen LogP contribution in [-0.2, 0) is 11.3 Å². The van der Waals surface area contributed by atoms with Crippen LogP contribution in [0.5, 0.6) is 0 Å². The zero-order valence-electron chi connectivity index (χ0n) is 14.6. The molecular weight excluding hydrogens is 312 g/mol. The van der Waals surface area contributed by atoms with Gasteiger partial charge in [-0.05, 0) is 74.8 Å². The third-order valence-corrected chi connectivity index (χ3v) is 6.43. The van der Waals surface area contributed by atoms with Crippen molar-refractivity contribution in [3.63, 3.8) is 0 Å². The molecule has 0 radical (unpaired) electrons. The van der Waals surface area contributed by atoms with E-state index in [2.05, 4.69) is 15.5 Å². The largest absolute Gasteiger partial charge is 0.319 e. The van der Waals surface area contributed by atoms with Crippen LogP contribution in [-0.4, -0.2) is 21.2 Å². The summed E-state index contributed by atoms with van der Waals surface area (Å²) in [6.45, 7) is 2.21. The Hall–Kier alpha value is -2.17. The molecule has 1 aromatic heterocycles. The lowest BCUT2D eigenvalue weighted by atomic mass is 9.55. The molecule has 4 bridgehead atoms. The minimum absolute atomic E-state index is 0.0624. The van der Waals surface area contributed by atoms with Crippen molar-refractivity contribution in [2.24, 2.45) is 28.8 Å². The van der Waals surface area contributed by atoms with Crippen molar-refractivity contribution >= 4 is 22.7 Å². The molecule has 2 aromatic rings. The third kappa shape index (κ3) is 2.57. The van der Waals surface area contributed by atoms with Gasteiger partial charge in [-0.25, -0.2) is 10.4 Å². The number of nitrogens with one attached hydrogen (secondary N) is 1. The fourth-order valence-corrected chi connectivity index (χ4v) is 5.55. The second-order valence-electron chi connectivity index (χ2n) is 8.11. The van der Waals surface area contributed by atoms with Gasteiger partial charge in [-0.15, -0.1) is 0 Å². The first-order valence-corrected chi connectivity index (χ1v) is 9.45. The van der Waals surface area contributed by atoms with Crippen molar-refractivity contribution in [1.82, 2.24) is 15.0 Å². The number of nitrogens with zero attached hydrogens (tertiary/aromatic N) is 3. The van der Waals surface area contributed by atoms with Crippen LogP contribution < -0.4 is 5.43 Å². The molecule has 1 heterocycles. The van der Waals surface area contributed by atoms with Crippen LogP contribution in [0.1, 0.15) is 37.9 Å². The highest BCUT2D eigenvalue weighted by Crippen LogP contribution is 2.52. The van der Waals surface area contributed by atoms with Gasteiger partial charge < -0.3 is 4.57 Å². The van der Waals surface area contributed by atoms with Crippen LogP contribution in [0, 0.1) is 30.6 Å². The monoisotopic (exact) mass is 336 g/mol. The Morgan fingerprint density at radius 3 is 2.56 bits per heavy atom. The van der Waals surface area contributed by atoms with E-state index in [-0.39, 0.29) is 12.5 Å². The topological polar surface area (TPSA) is 59.3 Å². The Bertz CT molecular complexity index is 836. The summed E-state index contributed by atoms with van der Waals surface area (Å²) in [7, 11) is 0. The molecule has 0 saturated heterocycles. The molecule has 4 aliphatic rings. The maximum absolute atomic E-state index is 12.5. The molecule has 6 rings (SSSR count). The summed E-state index contributed by atoms with van der Waals surface area (Å²) in [5.74, 6) is 3.86. The number of rotatable bonds is 3. The van der Waals surface area contributed by atoms with Crippen LogP contribution in [0.25, 0.3) is 11.0 Å². The van der Waals surface area contributed by atoms with Crippen LogP contribution in [0.3, 0.4) is 0 Å². The number of aromatic nitrogens is 2. The number of aryl methyl sites for hydroxylation is 1. The molecule has 4 saturated carbocycles. The lowest BCUT2D eigenvalue weighted by Gasteiger charge is -2.50. The number of benzene rings is 1. The Morgan fingerprint density at radius 1 is 1.16 bits per heavy atom. The van der Waals surface area contributed by atoms with Gasteiger partial charge in [0.15, 0.2) is 0 Å². The number of hydrogen-bond acceptors (Lipinski definition) is 3. The Morgan fingerprint density at radius 2 is 1.84 bits per heavy atom. The average Bonchev–Trinajstić information content (AvgIpc) is 2.89. The number of imidazole rings is 1. The second kappa shape index (κ2) is 5.68. The highest BCUT2D eigenvalue weighted by Gasteiger charge is 2.46. The van der Waals surface area contributed by atoms with Crippen molar-refractivity contribution < 1.29 is 4.79 Å². The Kier molecular flexibility index (Phi) is 3.43. The molecule has 0 unspecified atom stereocenters. The van der Waals surface area contributed by atoms with Gasteiger partial charge in [0.1, 0.15) is 12.4 Å². The normalized spacial score (nSPS) is 30.0. The number of carbonyl (C=O) groups is 1. The molecule has 0 atom stereocenters. The smallest absolute Gasteiger partial charge is 0.260 e. The summed E-state index contributed by atoms with van der Waals surface area (Å²) in [6, 6.07) is 7.93. The first-order chi connectivity index (χ1) is 12.2. The van der Waals surface area contributed by atoms with Crippen LogP contribution in [0.2, 0.25) is 0 Å². The van der Waals surface area contributed by atoms with Gasteiger partial charge in [0.2, 0.25) is 0 Å². The van der Waals surface area contributed by atoms with E-state index in [4.69, 9.17) is 0 Å². The van der Waals surface area contributed by atoms with E-state index in [1.165, 1.54) is 37.8 Å². The molecule has 4 aliphatic carbocycles. The molecule has 130 valence electrons. The zero-order valence-corrected chi connectivity index (χ0v) is 14.6. The third-order valence-electron chi connectivity index (χ3n) is 6.43. The van der Waals surface area contributed by atoms with E-state index in [0.717, 1.165) is 28.7 Å². The van der Waals surface area contributed by atoms with Crippen LogP contribution in [0.4, 0.5) is 0 Å². The fourth-order valence-electron chi connectivity index (χ4n) is 5.55. The Labute approximate surface area is 147 Å². The predicted octanol–water partition coefficient (Wildman–Crippen LogP) is 3.27. The number of hydrazone groups is 1. The quantitative estimate of drug-likeness (QED) is 0.875. The van der Waals surface area contributed by atoms with Gasteiger partial charge in [0.25, 0.3) is 5.91 Å². The number of amides is 1. The second-order valence-corrected chi connectivity index (χ2v) is 8.11. The molecular formula is C20H24N4O. The van der Waals surface area contributed by atoms with Crippen LogP contribution >= 0.6 is 0 Å². The lowest BCUT2D eigenvalue weighted by Crippen LogP contribution is -2.46. The average molecular weight is 336 g/mol. The summed E-state index contributed by atoms with van der Waals surface area (Å²) in [4.78, 5) is 17.0. The summed E-state index contributed by atoms with van der Waals surface area (Å²) in [6.07, 6.45) is 6.57. The van der Waals surface area contributed by atoms with Gasteiger partial charge in [-0.2, -0.15) is 5.10 Å². The maximum atomic E-state index is 12.5. The van der Waals surface area contributed by atoms with E-state index in [0.29, 0.717) is 11.8 Å². The minimum atomic E-state index is -0.0624. The molecule has 4 fully saturated rings. The van der Waals surface area contributed by atoms with Gasteiger partial charge in [0.05, 0.1) is 11.0 Å². The number of para-hydroxylation sites is 2. The van der Waals surface area contributed by atoms with E-state index in [9.17, 15) is 4.79 Å². The fraction of sp³-hybridized carbons (Fsp3) is 0.550. The first kappa shape index (κ1) is 15.1. The zero-order chi connectivity index (χ0) is 17.0. The van der Waals surface area contributed by atoms with Gasteiger partial charge in [-0.3, -0.25) is 4.79 Å². The molecule has 1 N–H and O–H groups in total. The molecule has 5 nitrogen and oxygen atoms in total. The SMILES string of the molecule is Cc1nc2ccccc2n1CC(=O)NN=C1C2CC3CC(C2)CC1C3. The van der Waals surface area contributed by atoms with E-state index in [1.54, 1.807) is 0 Å². The van der Waals surface area contributed by atoms with Crippen molar-refractivity contribution in [2.75, 3.05) is 0 Å². The predicted molar refractivity (Wildman–Crippen MR) is 97.1 cm³/mol. The maximum Gasteiger partial charge on any atom is 0.260 e. The highest BCUT2D eigenvalue weighted by atomic mass is 16.2. The lowest BCUT2D eigenvalue weighted by molar-refractivity contribution is -0.121. The number of carbonyl (C=O) groups excluding carboxylic acids is 1. The molecule has 1 amide bonds. The first-order valence-electron chi connectivity index (χ1n) is 9.45. The van der Waals surface area contributed by atoms with Crippen molar-refractivity contribution in [3.05, 3.63) is 30.1 Å². The number of hydrogen-bond donors (Lipinski definition) is 1. The minimum Gasteiger partial charge on any atom is -0.319 e. The van der Waals surface area contributed by atoms with Gasteiger partial charge >= 0.3 is 0 Å². The molecule has 1 aromatic carbocycles. The molecule has 5 heteroatoms. The highest BCUT2D eigenvalue weighted by molar-refractivity contribution is 5.92. The molecule has 0 aliphatic heterocycles. The number of fused-ring (bicyclic) bond motifs is 1. The summed E-state index contributed by atoms with van der Waals surface area (Å²) in [5.41, 5.74) is 6.04. The molecule has 25 heavy (non-hydrogen) atoms. The summed E-state index contributed by atoms with van der Waals surface area (Å²) >= 11 is 0. The van der Waals surface area contributed by atoms with Crippen molar-refractivity contribution in [1.29, 1.82) is 0 Å². The Balaban J connectivity index is 1.32. The standard InChI is InChI=1S/C20H24N4O/c1-12-21-17-4-2-3-5-18(17)24(12)11-19(25)22-23-20-15-7-13-6-14(9-15)10-16(20)8-13/h2-5,13-16H,6-11H2,1H3,(H,22,25). The van der Waals surface area contributed by atoms with E-state index >= 15 is 0 Å². The van der Waals surface area contributed by atoms with E-state index in [1.807, 2.05) is 35.8 Å². The van der Waals surface area contributed by atoms with E-state index < -0.39 is 0 Å². The summed E-state index contributed by atoms with van der Waals surface area (Å²) < 4.78 is 1.96. The molecule has 0 spiro atoms. The van der Waals surface area contributed by atoms with Gasteiger partial charge in [0, 0.05) is 5.71 Å². The van der Waals surface area contributed by atoms with Crippen molar-refractivity contribution in [3.8, 4) is 0 Å².